The predicted molar refractivity (Wildman–Crippen MR) is 88.8 cm³/mol. The Kier molecular flexibility index (Phi) is 4.45. The minimum absolute atomic E-state index is 0.0640. The highest BCUT2D eigenvalue weighted by molar-refractivity contribution is 7.15. The van der Waals surface area contributed by atoms with E-state index in [1.807, 2.05) is 0 Å². The highest BCUT2D eigenvalue weighted by Gasteiger charge is 2.29. The van der Waals surface area contributed by atoms with Crippen LogP contribution in [0.15, 0.2) is 35.8 Å². The van der Waals surface area contributed by atoms with Crippen LogP contribution in [0, 0.1) is 15.9 Å². The Morgan fingerprint density at radius 3 is 2.92 bits per heavy atom. The second kappa shape index (κ2) is 6.54. The Morgan fingerprint density at radius 2 is 2.25 bits per heavy atom. The standard InChI is InChI=1S/C15H15FN4O3S/c1-2-11(12(21)9-5-3-4-6-10(9)16)17-13-14(20(22)23)19-7-8-24-15(19)18-13/h3-8,11-12,17,21H,2H2,1H3/t11-,12-/m0/s1. The van der Waals surface area contributed by atoms with Crippen LogP contribution in [-0.4, -0.2) is 25.5 Å². The Balaban J connectivity index is 1.93. The molecule has 0 aliphatic carbocycles. The second-order valence-electron chi connectivity index (χ2n) is 5.22. The number of fused-ring (bicyclic) bond motifs is 1. The van der Waals surface area contributed by atoms with Gasteiger partial charge in [-0.1, -0.05) is 36.5 Å². The molecule has 0 spiro atoms. The zero-order chi connectivity index (χ0) is 17.3. The summed E-state index contributed by atoms with van der Waals surface area (Å²) in [5, 5.41) is 26.4. The molecule has 3 aromatic rings. The topological polar surface area (TPSA) is 92.7 Å². The molecule has 0 bridgehead atoms. The fraction of sp³-hybridized carbons (Fsp3) is 0.267. The third-order valence-electron chi connectivity index (χ3n) is 3.78. The molecule has 126 valence electrons. The van der Waals surface area contributed by atoms with Gasteiger partial charge in [0.15, 0.2) is 0 Å². The maximum absolute atomic E-state index is 13.9. The summed E-state index contributed by atoms with van der Waals surface area (Å²) < 4.78 is 15.3. The lowest BCUT2D eigenvalue weighted by Gasteiger charge is -2.23. The molecule has 3 rings (SSSR count). The monoisotopic (exact) mass is 350 g/mol. The van der Waals surface area contributed by atoms with Crippen molar-refractivity contribution in [1.82, 2.24) is 9.38 Å². The van der Waals surface area contributed by atoms with E-state index in [9.17, 15) is 19.6 Å². The smallest absolute Gasteiger partial charge is 0.372 e. The van der Waals surface area contributed by atoms with Gasteiger partial charge in [-0.15, -0.1) is 0 Å². The number of thiazole rings is 1. The predicted octanol–water partition coefficient (Wildman–Crippen LogP) is 3.37. The van der Waals surface area contributed by atoms with Crippen molar-refractivity contribution in [2.75, 3.05) is 5.32 Å². The van der Waals surface area contributed by atoms with E-state index >= 15 is 0 Å². The molecule has 0 aliphatic rings. The summed E-state index contributed by atoms with van der Waals surface area (Å²) in [6, 6.07) is 5.30. The molecule has 2 heterocycles. The molecule has 2 atom stereocenters. The number of hydrogen-bond donors (Lipinski definition) is 2. The SMILES string of the molecule is CC[C@H](Nc1nc2sccn2c1[N+](=O)[O-])[C@@H](O)c1ccccc1F. The number of aromatic nitrogens is 2. The summed E-state index contributed by atoms with van der Waals surface area (Å²) in [5.41, 5.74) is 0.139. The number of benzene rings is 1. The number of halogens is 1. The zero-order valence-electron chi connectivity index (χ0n) is 12.7. The molecule has 0 aliphatic heterocycles. The molecule has 0 saturated heterocycles. The number of aliphatic hydroxyl groups is 1. The first-order valence-corrected chi connectivity index (χ1v) is 8.19. The van der Waals surface area contributed by atoms with Gasteiger partial charge < -0.3 is 20.5 Å². The lowest BCUT2D eigenvalue weighted by atomic mass is 10.00. The fourth-order valence-electron chi connectivity index (χ4n) is 2.56. The Morgan fingerprint density at radius 1 is 1.50 bits per heavy atom. The Labute approximate surface area is 140 Å². The molecule has 2 aromatic heterocycles. The van der Waals surface area contributed by atoms with Crippen LogP contribution in [0.5, 0.6) is 0 Å². The van der Waals surface area contributed by atoms with E-state index in [0.717, 1.165) is 0 Å². The highest BCUT2D eigenvalue weighted by atomic mass is 32.1. The number of nitro groups is 1. The maximum atomic E-state index is 13.9. The van der Waals surface area contributed by atoms with Crippen molar-refractivity contribution in [3.05, 3.63) is 57.3 Å². The normalized spacial score (nSPS) is 13.8. The van der Waals surface area contributed by atoms with E-state index in [1.165, 1.54) is 33.9 Å². The van der Waals surface area contributed by atoms with Gasteiger partial charge in [-0.3, -0.25) is 0 Å². The minimum Gasteiger partial charge on any atom is -0.386 e. The molecule has 9 heteroatoms. The maximum Gasteiger partial charge on any atom is 0.372 e. The van der Waals surface area contributed by atoms with Gasteiger partial charge in [-0.05, 0) is 17.4 Å². The summed E-state index contributed by atoms with van der Waals surface area (Å²) in [7, 11) is 0. The van der Waals surface area contributed by atoms with Gasteiger partial charge in [0, 0.05) is 10.9 Å². The highest BCUT2D eigenvalue weighted by Crippen LogP contribution is 2.31. The van der Waals surface area contributed by atoms with Crippen LogP contribution in [0.2, 0.25) is 0 Å². The number of anilines is 1. The molecule has 0 amide bonds. The minimum atomic E-state index is -1.16. The van der Waals surface area contributed by atoms with Crippen LogP contribution in [0.3, 0.4) is 0 Å². The number of rotatable bonds is 6. The van der Waals surface area contributed by atoms with Crippen molar-refractivity contribution in [2.45, 2.75) is 25.5 Å². The van der Waals surface area contributed by atoms with E-state index in [2.05, 4.69) is 10.3 Å². The van der Waals surface area contributed by atoms with Crippen LogP contribution in [0.4, 0.5) is 16.0 Å². The van der Waals surface area contributed by atoms with Crippen molar-refractivity contribution in [2.24, 2.45) is 0 Å². The van der Waals surface area contributed by atoms with Crippen LogP contribution < -0.4 is 5.32 Å². The van der Waals surface area contributed by atoms with Crippen LogP contribution in [0.25, 0.3) is 4.96 Å². The van der Waals surface area contributed by atoms with E-state index in [0.29, 0.717) is 11.4 Å². The van der Waals surface area contributed by atoms with Gasteiger partial charge in [0.2, 0.25) is 5.82 Å². The van der Waals surface area contributed by atoms with E-state index in [1.54, 1.807) is 24.6 Å². The van der Waals surface area contributed by atoms with Crippen LogP contribution in [0.1, 0.15) is 25.0 Å². The number of aliphatic hydroxyl groups excluding tert-OH is 1. The van der Waals surface area contributed by atoms with Gasteiger partial charge >= 0.3 is 5.82 Å². The van der Waals surface area contributed by atoms with Crippen LogP contribution in [-0.2, 0) is 0 Å². The van der Waals surface area contributed by atoms with Gasteiger partial charge in [0.05, 0.1) is 6.04 Å². The summed E-state index contributed by atoms with van der Waals surface area (Å²) in [4.78, 5) is 15.5. The van der Waals surface area contributed by atoms with Gasteiger partial charge in [0.25, 0.3) is 4.96 Å². The molecule has 0 saturated carbocycles. The molecule has 2 N–H and O–H groups in total. The summed E-state index contributed by atoms with van der Waals surface area (Å²) >= 11 is 1.27. The first kappa shape index (κ1) is 16.3. The molecule has 1 aromatic carbocycles. The summed E-state index contributed by atoms with van der Waals surface area (Å²) in [6.07, 6.45) is 0.832. The lowest BCUT2D eigenvalue weighted by Crippen LogP contribution is -2.28. The van der Waals surface area contributed by atoms with Gasteiger partial charge in [-0.2, -0.15) is 9.38 Å². The Hall–Kier alpha value is -2.52. The fourth-order valence-corrected chi connectivity index (χ4v) is 3.27. The molecule has 7 nitrogen and oxygen atoms in total. The lowest BCUT2D eigenvalue weighted by molar-refractivity contribution is -0.389. The molecule has 0 fully saturated rings. The van der Waals surface area contributed by atoms with E-state index in [-0.39, 0.29) is 17.2 Å². The van der Waals surface area contributed by atoms with Crippen molar-refractivity contribution >= 4 is 27.9 Å². The summed E-state index contributed by atoms with van der Waals surface area (Å²) in [5.74, 6) is -0.662. The average molecular weight is 350 g/mol. The third-order valence-corrected chi connectivity index (χ3v) is 4.53. The van der Waals surface area contributed by atoms with Crippen LogP contribution >= 0.6 is 11.3 Å². The van der Waals surface area contributed by atoms with Gasteiger partial charge in [-0.25, -0.2) is 4.39 Å². The molecular weight excluding hydrogens is 335 g/mol. The van der Waals surface area contributed by atoms with Crippen molar-refractivity contribution in [1.29, 1.82) is 0 Å². The molecular formula is C15H15FN4O3S. The number of hydrogen-bond acceptors (Lipinski definition) is 6. The largest absolute Gasteiger partial charge is 0.386 e. The van der Waals surface area contributed by atoms with Crippen molar-refractivity contribution < 1.29 is 14.4 Å². The van der Waals surface area contributed by atoms with Crippen molar-refractivity contribution in [3.63, 3.8) is 0 Å². The first-order chi connectivity index (χ1) is 11.5. The molecule has 0 radical (unpaired) electrons. The number of imidazole rings is 1. The van der Waals surface area contributed by atoms with E-state index in [4.69, 9.17) is 0 Å². The molecule has 0 unspecified atom stereocenters. The number of nitrogens with one attached hydrogen (secondary N) is 1. The first-order valence-electron chi connectivity index (χ1n) is 7.32. The van der Waals surface area contributed by atoms with Crippen molar-refractivity contribution in [3.8, 4) is 0 Å². The third kappa shape index (κ3) is 2.83. The quantitative estimate of drug-likeness (QED) is 0.525. The summed E-state index contributed by atoms with van der Waals surface area (Å²) in [6.45, 7) is 1.80. The van der Waals surface area contributed by atoms with E-state index < -0.39 is 22.9 Å². The zero-order valence-corrected chi connectivity index (χ0v) is 13.5. The number of nitrogens with zero attached hydrogens (tertiary/aromatic N) is 3. The second-order valence-corrected chi connectivity index (χ2v) is 6.10. The average Bonchev–Trinajstić information content (AvgIpc) is 3.12. The van der Waals surface area contributed by atoms with Gasteiger partial charge in [0.1, 0.15) is 18.1 Å². The Bertz CT molecular complexity index is 879. The molecule has 24 heavy (non-hydrogen) atoms.